The molecule has 1 amide bonds. The van der Waals surface area contributed by atoms with Crippen molar-refractivity contribution < 1.29 is 18.0 Å². The summed E-state index contributed by atoms with van der Waals surface area (Å²) in [5, 5.41) is 2.79. The normalized spacial score (nSPS) is 11.0. The van der Waals surface area contributed by atoms with Crippen LogP contribution in [0.2, 0.25) is 5.02 Å². The fraction of sp³-hybridized carbons (Fsp3) is 0.0556. The summed E-state index contributed by atoms with van der Waals surface area (Å²) in [6.45, 7) is 0. The van der Waals surface area contributed by atoms with Crippen LogP contribution >= 0.6 is 11.6 Å². The van der Waals surface area contributed by atoms with Crippen LogP contribution in [0.25, 0.3) is 0 Å². The summed E-state index contributed by atoms with van der Waals surface area (Å²) in [7, 11) is 0. The molecule has 0 fully saturated rings. The lowest BCUT2D eigenvalue weighted by Gasteiger charge is -2.16. The van der Waals surface area contributed by atoms with Crippen molar-refractivity contribution in [2.24, 2.45) is 0 Å². The molecular formula is C18H14ClF3N6O. The Morgan fingerprint density at radius 1 is 1.00 bits per heavy atom. The molecule has 0 spiro atoms. The zero-order valence-electron chi connectivity index (χ0n) is 14.6. The highest BCUT2D eigenvalue weighted by Gasteiger charge is 2.33. The first-order valence-electron chi connectivity index (χ1n) is 8.12. The summed E-state index contributed by atoms with van der Waals surface area (Å²) in [5.74, 6) is -0.621. The predicted molar refractivity (Wildman–Crippen MR) is 104 cm³/mol. The minimum Gasteiger partial charge on any atom is -0.393 e. The number of aromatic nitrogens is 2. The SMILES string of the molecule is Nc1c(NNC(=O)c2ccccc2Cl)ncnc1Nc1ccccc1C(F)(F)F. The average molecular weight is 423 g/mol. The Morgan fingerprint density at radius 2 is 1.66 bits per heavy atom. The highest BCUT2D eigenvalue weighted by molar-refractivity contribution is 6.33. The summed E-state index contributed by atoms with van der Waals surface area (Å²) in [4.78, 5) is 19.9. The number of nitrogens with one attached hydrogen (secondary N) is 3. The van der Waals surface area contributed by atoms with Crippen molar-refractivity contribution in [3.05, 3.63) is 71.0 Å². The van der Waals surface area contributed by atoms with Gasteiger partial charge in [0.25, 0.3) is 5.91 Å². The van der Waals surface area contributed by atoms with Crippen LogP contribution in [-0.2, 0) is 6.18 Å². The molecule has 0 aliphatic rings. The summed E-state index contributed by atoms with van der Waals surface area (Å²) >= 11 is 5.96. The highest BCUT2D eigenvalue weighted by atomic mass is 35.5. The number of benzene rings is 2. The second kappa shape index (κ2) is 8.23. The summed E-state index contributed by atoms with van der Waals surface area (Å²) in [5.41, 5.74) is 9.84. The smallest absolute Gasteiger partial charge is 0.393 e. The number of para-hydroxylation sites is 1. The van der Waals surface area contributed by atoms with Crippen LogP contribution in [0, 0.1) is 0 Å². The Morgan fingerprint density at radius 3 is 2.38 bits per heavy atom. The van der Waals surface area contributed by atoms with Crippen LogP contribution in [0.1, 0.15) is 15.9 Å². The van der Waals surface area contributed by atoms with E-state index in [-0.39, 0.29) is 33.6 Å². The third kappa shape index (κ3) is 4.66. The molecule has 0 radical (unpaired) electrons. The minimum atomic E-state index is -4.56. The van der Waals surface area contributed by atoms with E-state index in [4.69, 9.17) is 17.3 Å². The van der Waals surface area contributed by atoms with Gasteiger partial charge in [-0.3, -0.25) is 15.6 Å². The molecule has 1 heterocycles. The standard InChI is InChI=1S/C18H14ClF3N6O/c19-12-7-3-1-5-10(12)17(29)28-27-16-14(23)15(24-9-25-16)26-13-8-4-2-6-11(13)18(20,21)22/h1-9H,23H2,(H,28,29)(H2,24,25,26,27). The molecule has 3 aromatic rings. The maximum absolute atomic E-state index is 13.2. The summed E-state index contributed by atoms with van der Waals surface area (Å²) in [6.07, 6.45) is -3.48. The first-order valence-corrected chi connectivity index (χ1v) is 8.50. The lowest BCUT2D eigenvalue weighted by atomic mass is 10.1. The second-order valence-corrected chi connectivity index (χ2v) is 6.12. The van der Waals surface area contributed by atoms with Gasteiger partial charge < -0.3 is 11.1 Å². The van der Waals surface area contributed by atoms with Crippen LogP contribution < -0.4 is 21.9 Å². The average Bonchev–Trinajstić information content (AvgIpc) is 2.68. The Balaban J connectivity index is 1.79. The topological polar surface area (TPSA) is 105 Å². The third-order valence-electron chi connectivity index (χ3n) is 3.78. The maximum Gasteiger partial charge on any atom is 0.418 e. The molecule has 150 valence electrons. The first-order chi connectivity index (χ1) is 13.8. The number of hydrogen-bond acceptors (Lipinski definition) is 6. The third-order valence-corrected chi connectivity index (χ3v) is 4.11. The van der Waals surface area contributed by atoms with E-state index < -0.39 is 17.6 Å². The predicted octanol–water partition coefficient (Wildman–Crippen LogP) is 4.23. The maximum atomic E-state index is 13.2. The number of carbonyl (C=O) groups is 1. The molecule has 0 saturated heterocycles. The Labute approximate surface area is 168 Å². The van der Waals surface area contributed by atoms with E-state index >= 15 is 0 Å². The summed E-state index contributed by atoms with van der Waals surface area (Å²) in [6, 6.07) is 11.3. The molecule has 0 aliphatic heterocycles. The van der Waals surface area contributed by atoms with Gasteiger partial charge in [0.1, 0.15) is 12.0 Å². The van der Waals surface area contributed by atoms with Gasteiger partial charge in [-0.05, 0) is 24.3 Å². The quantitative estimate of drug-likeness (QED) is 0.459. The molecule has 3 rings (SSSR count). The van der Waals surface area contributed by atoms with Gasteiger partial charge in [-0.2, -0.15) is 13.2 Å². The largest absolute Gasteiger partial charge is 0.418 e. The van der Waals surface area contributed by atoms with Crippen LogP contribution in [0.5, 0.6) is 0 Å². The van der Waals surface area contributed by atoms with Gasteiger partial charge in [0.15, 0.2) is 11.6 Å². The van der Waals surface area contributed by atoms with Gasteiger partial charge in [0.2, 0.25) is 0 Å². The van der Waals surface area contributed by atoms with Gasteiger partial charge in [-0.1, -0.05) is 35.9 Å². The van der Waals surface area contributed by atoms with E-state index in [1.807, 2.05) is 0 Å². The van der Waals surface area contributed by atoms with Crippen LogP contribution in [0.4, 0.5) is 36.2 Å². The fourth-order valence-electron chi connectivity index (χ4n) is 2.39. The lowest BCUT2D eigenvalue weighted by Crippen LogP contribution is -2.30. The number of hydrogen-bond donors (Lipinski definition) is 4. The first kappa shape index (κ1) is 20.2. The van der Waals surface area contributed by atoms with Crippen LogP contribution in [0.3, 0.4) is 0 Å². The number of nitrogens with zero attached hydrogens (tertiary/aromatic N) is 2. The molecular weight excluding hydrogens is 409 g/mol. The van der Waals surface area contributed by atoms with E-state index in [0.29, 0.717) is 0 Å². The molecule has 0 saturated carbocycles. The molecule has 5 N–H and O–H groups in total. The monoisotopic (exact) mass is 422 g/mol. The van der Waals surface area contributed by atoms with Crippen molar-refractivity contribution in [3.8, 4) is 0 Å². The molecule has 0 unspecified atom stereocenters. The Kier molecular flexibility index (Phi) is 5.74. The molecule has 1 aromatic heterocycles. The molecule has 11 heteroatoms. The summed E-state index contributed by atoms with van der Waals surface area (Å²) < 4.78 is 39.5. The van der Waals surface area contributed by atoms with Crippen molar-refractivity contribution in [1.29, 1.82) is 0 Å². The van der Waals surface area contributed by atoms with Crippen molar-refractivity contribution in [3.63, 3.8) is 0 Å². The zero-order chi connectivity index (χ0) is 21.0. The van der Waals surface area contributed by atoms with Gasteiger partial charge >= 0.3 is 6.18 Å². The van der Waals surface area contributed by atoms with Crippen molar-refractivity contribution >= 4 is 40.5 Å². The number of nitrogens with two attached hydrogens (primary N) is 1. The number of carbonyl (C=O) groups excluding carboxylic acids is 1. The molecule has 7 nitrogen and oxygen atoms in total. The number of nitrogen functional groups attached to an aromatic ring is 1. The number of amides is 1. The van der Waals surface area contributed by atoms with E-state index in [1.165, 1.54) is 24.3 Å². The lowest BCUT2D eigenvalue weighted by molar-refractivity contribution is -0.136. The van der Waals surface area contributed by atoms with Gasteiger partial charge in [-0.15, -0.1) is 0 Å². The van der Waals surface area contributed by atoms with E-state index in [0.717, 1.165) is 12.4 Å². The molecule has 0 aliphatic carbocycles. The highest BCUT2D eigenvalue weighted by Crippen LogP contribution is 2.36. The molecule has 0 bridgehead atoms. The van der Waals surface area contributed by atoms with Crippen molar-refractivity contribution in [2.75, 3.05) is 16.5 Å². The number of hydrazine groups is 1. The fourth-order valence-corrected chi connectivity index (χ4v) is 2.61. The van der Waals surface area contributed by atoms with Gasteiger partial charge in [-0.25, -0.2) is 9.97 Å². The Bertz CT molecular complexity index is 1040. The second-order valence-electron chi connectivity index (χ2n) is 5.71. The number of anilines is 4. The van der Waals surface area contributed by atoms with Crippen LogP contribution in [-0.4, -0.2) is 15.9 Å². The van der Waals surface area contributed by atoms with E-state index in [9.17, 15) is 18.0 Å². The number of rotatable bonds is 5. The van der Waals surface area contributed by atoms with Crippen molar-refractivity contribution in [1.82, 2.24) is 15.4 Å². The van der Waals surface area contributed by atoms with Gasteiger partial charge in [0.05, 0.1) is 21.8 Å². The zero-order valence-corrected chi connectivity index (χ0v) is 15.3. The molecule has 2 aromatic carbocycles. The number of alkyl halides is 3. The van der Waals surface area contributed by atoms with E-state index in [2.05, 4.69) is 26.1 Å². The van der Waals surface area contributed by atoms with E-state index in [1.54, 1.807) is 18.2 Å². The number of halogens is 4. The minimum absolute atomic E-state index is 0.00704. The van der Waals surface area contributed by atoms with Crippen molar-refractivity contribution in [2.45, 2.75) is 6.18 Å². The Hall–Kier alpha value is -3.53. The van der Waals surface area contributed by atoms with Crippen LogP contribution in [0.15, 0.2) is 54.9 Å². The molecule has 0 atom stereocenters. The molecule has 29 heavy (non-hydrogen) atoms. The van der Waals surface area contributed by atoms with Gasteiger partial charge in [0, 0.05) is 0 Å².